The van der Waals surface area contributed by atoms with Gasteiger partial charge in [-0.3, -0.25) is 0 Å². The fourth-order valence-electron chi connectivity index (χ4n) is 1.50. The zero-order valence-corrected chi connectivity index (χ0v) is 10.9. The molecular weight excluding hydrogens is 272 g/mol. The van der Waals surface area contributed by atoms with Gasteiger partial charge in [-0.2, -0.15) is 11.3 Å². The van der Waals surface area contributed by atoms with Gasteiger partial charge in [0, 0.05) is 0 Å². The topological polar surface area (TPSA) is 71.4 Å². The average molecular weight is 282 g/mol. The van der Waals surface area contributed by atoms with E-state index in [0.717, 1.165) is 0 Å². The second kappa shape index (κ2) is 4.91. The van der Waals surface area contributed by atoms with E-state index >= 15 is 0 Å². The predicted octanol–water partition coefficient (Wildman–Crippen LogP) is 2.42. The molecule has 94 valence electrons. The Hall–Kier alpha value is -1.66. The normalized spacial score (nSPS) is 11.3. The van der Waals surface area contributed by atoms with E-state index in [4.69, 9.17) is 5.11 Å². The molecule has 0 aliphatic heterocycles. The van der Waals surface area contributed by atoms with Crippen LogP contribution in [0.4, 0.5) is 0 Å². The highest BCUT2D eigenvalue weighted by molar-refractivity contribution is 7.90. The molecule has 0 unspecified atom stereocenters. The van der Waals surface area contributed by atoms with Crippen molar-refractivity contribution in [1.82, 2.24) is 0 Å². The molecule has 2 rings (SSSR count). The summed E-state index contributed by atoms with van der Waals surface area (Å²) >= 11 is 1.42. The molecule has 0 amide bonds. The second-order valence-corrected chi connectivity index (χ2v) is 6.49. The van der Waals surface area contributed by atoms with E-state index in [0.29, 0.717) is 5.56 Å². The molecule has 0 saturated carbocycles. The van der Waals surface area contributed by atoms with Crippen molar-refractivity contribution < 1.29 is 18.3 Å². The number of carboxylic acid groups (broad SMARTS) is 1. The van der Waals surface area contributed by atoms with Gasteiger partial charge in [0.2, 0.25) is 0 Å². The lowest BCUT2D eigenvalue weighted by molar-refractivity contribution is 0.0696. The Balaban J connectivity index is 2.35. The predicted molar refractivity (Wildman–Crippen MR) is 68.6 cm³/mol. The van der Waals surface area contributed by atoms with Crippen LogP contribution < -0.4 is 0 Å². The lowest BCUT2D eigenvalue weighted by Crippen LogP contribution is -2.06. The maximum Gasteiger partial charge on any atom is 0.335 e. The molecule has 0 aliphatic rings. The van der Waals surface area contributed by atoms with Crippen LogP contribution in [0.2, 0.25) is 0 Å². The third-order valence-corrected chi connectivity index (χ3v) is 4.79. The lowest BCUT2D eigenvalue weighted by Gasteiger charge is -2.04. The smallest absolute Gasteiger partial charge is 0.335 e. The van der Waals surface area contributed by atoms with Crippen LogP contribution in [-0.2, 0) is 15.6 Å². The first kappa shape index (κ1) is 12.8. The number of hydrogen-bond donors (Lipinski definition) is 1. The Morgan fingerprint density at radius 3 is 2.67 bits per heavy atom. The van der Waals surface area contributed by atoms with Crippen LogP contribution in [0.5, 0.6) is 0 Å². The largest absolute Gasteiger partial charge is 0.478 e. The van der Waals surface area contributed by atoms with E-state index in [2.05, 4.69) is 0 Å². The number of benzene rings is 1. The third-order valence-electron chi connectivity index (χ3n) is 2.38. The third kappa shape index (κ3) is 2.77. The summed E-state index contributed by atoms with van der Waals surface area (Å²) in [6.45, 7) is 0. The minimum absolute atomic E-state index is 0.0265. The van der Waals surface area contributed by atoms with Crippen LogP contribution >= 0.6 is 11.3 Å². The molecular formula is C12H10O4S2. The molecule has 0 fully saturated rings. The van der Waals surface area contributed by atoms with Crippen LogP contribution in [0, 0.1) is 0 Å². The molecule has 0 spiro atoms. The molecule has 0 saturated heterocycles. The first-order valence-electron chi connectivity index (χ1n) is 5.06. The lowest BCUT2D eigenvalue weighted by atomic mass is 10.2. The molecule has 18 heavy (non-hydrogen) atoms. The molecule has 4 nitrogen and oxygen atoms in total. The van der Waals surface area contributed by atoms with Gasteiger partial charge >= 0.3 is 5.97 Å². The molecule has 1 aromatic heterocycles. The summed E-state index contributed by atoms with van der Waals surface area (Å²) in [5.74, 6) is -1.25. The van der Waals surface area contributed by atoms with Gasteiger partial charge in [0.15, 0.2) is 9.84 Å². The summed E-state index contributed by atoms with van der Waals surface area (Å²) < 4.78 is 24.2. The van der Waals surface area contributed by atoms with E-state index < -0.39 is 15.8 Å². The first-order valence-corrected chi connectivity index (χ1v) is 7.66. The summed E-state index contributed by atoms with van der Waals surface area (Å²) in [6.07, 6.45) is 0. The Bertz CT molecular complexity index is 657. The Labute approximate surface area is 108 Å². The van der Waals surface area contributed by atoms with E-state index in [1.807, 2.05) is 0 Å². The Morgan fingerprint density at radius 2 is 2.06 bits per heavy atom. The van der Waals surface area contributed by atoms with E-state index in [1.165, 1.54) is 35.6 Å². The van der Waals surface area contributed by atoms with Crippen molar-refractivity contribution in [2.45, 2.75) is 10.6 Å². The quantitative estimate of drug-likeness (QED) is 0.934. The summed E-state index contributed by atoms with van der Waals surface area (Å²) in [4.78, 5) is 10.8. The first-order chi connectivity index (χ1) is 8.49. The standard InChI is InChI=1S/C12H10O4S2/c13-12(14)10-2-1-3-11(6-10)18(15,16)8-9-4-5-17-7-9/h1-7H,8H2,(H,13,14). The van der Waals surface area contributed by atoms with E-state index in [-0.39, 0.29) is 16.2 Å². The Kier molecular flexibility index (Phi) is 3.49. The molecule has 0 radical (unpaired) electrons. The molecule has 0 atom stereocenters. The van der Waals surface area contributed by atoms with Gasteiger partial charge in [0.05, 0.1) is 16.2 Å². The van der Waals surface area contributed by atoms with Crippen LogP contribution in [0.25, 0.3) is 0 Å². The van der Waals surface area contributed by atoms with Crippen LogP contribution in [0.3, 0.4) is 0 Å². The van der Waals surface area contributed by atoms with Gasteiger partial charge < -0.3 is 5.11 Å². The van der Waals surface area contributed by atoms with Crippen molar-refractivity contribution in [1.29, 1.82) is 0 Å². The van der Waals surface area contributed by atoms with Gasteiger partial charge in [-0.25, -0.2) is 13.2 Å². The average Bonchev–Trinajstić information content (AvgIpc) is 2.81. The number of carboxylic acids is 1. The van der Waals surface area contributed by atoms with Gasteiger partial charge in [-0.1, -0.05) is 6.07 Å². The number of thiophene rings is 1. The van der Waals surface area contributed by atoms with Crippen molar-refractivity contribution >= 4 is 27.1 Å². The number of sulfone groups is 1. The minimum atomic E-state index is -3.50. The summed E-state index contributed by atoms with van der Waals surface area (Å²) in [5.41, 5.74) is 0.683. The maximum atomic E-state index is 12.1. The van der Waals surface area contributed by atoms with Crippen LogP contribution in [0.1, 0.15) is 15.9 Å². The highest BCUT2D eigenvalue weighted by Gasteiger charge is 2.17. The monoisotopic (exact) mass is 282 g/mol. The highest BCUT2D eigenvalue weighted by Crippen LogP contribution is 2.19. The van der Waals surface area contributed by atoms with Crippen molar-refractivity contribution in [3.05, 3.63) is 52.2 Å². The van der Waals surface area contributed by atoms with Crippen LogP contribution in [0.15, 0.2) is 46.0 Å². The molecule has 0 aliphatic carbocycles. The molecule has 1 N–H and O–H groups in total. The summed E-state index contributed by atoms with van der Waals surface area (Å²) in [6, 6.07) is 7.14. The number of hydrogen-bond acceptors (Lipinski definition) is 4. The van der Waals surface area contributed by atoms with Gasteiger partial charge in [-0.15, -0.1) is 0 Å². The Morgan fingerprint density at radius 1 is 1.28 bits per heavy atom. The molecule has 2 aromatic rings. The van der Waals surface area contributed by atoms with Gasteiger partial charge in [-0.05, 0) is 40.6 Å². The zero-order chi connectivity index (χ0) is 13.2. The fourth-order valence-corrected chi connectivity index (χ4v) is 3.65. The fraction of sp³-hybridized carbons (Fsp3) is 0.0833. The highest BCUT2D eigenvalue weighted by atomic mass is 32.2. The van der Waals surface area contributed by atoms with Crippen molar-refractivity contribution in [3.63, 3.8) is 0 Å². The van der Waals surface area contributed by atoms with Crippen molar-refractivity contribution in [3.8, 4) is 0 Å². The molecule has 1 heterocycles. The number of carbonyl (C=O) groups is 1. The van der Waals surface area contributed by atoms with E-state index in [1.54, 1.807) is 16.8 Å². The minimum Gasteiger partial charge on any atom is -0.478 e. The van der Waals surface area contributed by atoms with Crippen LogP contribution in [-0.4, -0.2) is 19.5 Å². The molecule has 1 aromatic carbocycles. The second-order valence-electron chi connectivity index (χ2n) is 3.72. The SMILES string of the molecule is O=C(O)c1cccc(S(=O)(=O)Cc2ccsc2)c1. The number of aromatic carboxylic acids is 1. The summed E-state index contributed by atoms with van der Waals surface area (Å²) in [5, 5.41) is 12.4. The molecule has 0 bridgehead atoms. The van der Waals surface area contributed by atoms with Gasteiger partial charge in [0.1, 0.15) is 0 Å². The number of rotatable bonds is 4. The van der Waals surface area contributed by atoms with Crippen molar-refractivity contribution in [2.75, 3.05) is 0 Å². The maximum absolute atomic E-state index is 12.1. The van der Waals surface area contributed by atoms with Gasteiger partial charge in [0.25, 0.3) is 0 Å². The molecule has 6 heteroatoms. The van der Waals surface area contributed by atoms with E-state index in [9.17, 15) is 13.2 Å². The summed E-state index contributed by atoms with van der Waals surface area (Å²) in [7, 11) is -3.50. The van der Waals surface area contributed by atoms with Crippen molar-refractivity contribution in [2.24, 2.45) is 0 Å². The zero-order valence-electron chi connectivity index (χ0n) is 9.24.